The van der Waals surface area contributed by atoms with E-state index in [1.807, 2.05) is 42.5 Å². The zero-order valence-corrected chi connectivity index (χ0v) is 33.4. The molecular formula is C51H49BN4O. The van der Waals surface area contributed by atoms with E-state index in [1.54, 1.807) is 0 Å². The van der Waals surface area contributed by atoms with Crippen molar-refractivity contribution in [1.82, 2.24) is 19.9 Å². The molecule has 0 aliphatic rings. The molecule has 3 atom stereocenters. The number of aromatic nitrogens is 4. The Kier molecular flexibility index (Phi) is 10.4. The van der Waals surface area contributed by atoms with Crippen molar-refractivity contribution < 1.29 is 4.79 Å². The van der Waals surface area contributed by atoms with E-state index in [0.717, 1.165) is 46.1 Å². The van der Waals surface area contributed by atoms with Crippen LogP contribution in [0.3, 0.4) is 0 Å². The second kappa shape index (κ2) is 15.7. The highest BCUT2D eigenvalue weighted by Gasteiger charge is 2.28. The number of rotatable bonds is 12. The first-order valence-electron chi connectivity index (χ1n) is 19.9. The molecule has 0 spiro atoms. The highest BCUT2D eigenvalue weighted by molar-refractivity contribution is 6.30. The molecule has 4 aromatic heterocycles. The van der Waals surface area contributed by atoms with Crippen LogP contribution in [0, 0.1) is 6.92 Å². The zero-order chi connectivity index (χ0) is 39.7. The van der Waals surface area contributed by atoms with Crippen LogP contribution in [0.25, 0.3) is 0 Å². The van der Waals surface area contributed by atoms with E-state index in [4.69, 9.17) is 7.85 Å². The normalized spacial score (nSPS) is 13.4. The second-order valence-corrected chi connectivity index (χ2v) is 16.3. The average molecular weight is 745 g/mol. The minimum Gasteiger partial charge on any atom is -0.371 e. The van der Waals surface area contributed by atoms with E-state index in [1.165, 1.54) is 27.8 Å². The molecule has 8 aromatic rings. The highest BCUT2D eigenvalue weighted by atomic mass is 16.1. The molecule has 57 heavy (non-hydrogen) atoms. The summed E-state index contributed by atoms with van der Waals surface area (Å²) in [5, 5.41) is 0. The molecule has 0 fully saturated rings. The first kappa shape index (κ1) is 37.6. The first-order valence-corrected chi connectivity index (χ1v) is 19.9. The van der Waals surface area contributed by atoms with Crippen LogP contribution in [0.1, 0.15) is 129 Å². The summed E-state index contributed by atoms with van der Waals surface area (Å²) in [5.74, 6) is -0.342. The molecule has 6 heteroatoms. The quantitative estimate of drug-likeness (QED) is 0.0729. The Morgan fingerprint density at radius 1 is 0.526 bits per heavy atom. The summed E-state index contributed by atoms with van der Waals surface area (Å²) in [6.07, 6.45) is 0.933. The topological polar surface area (TPSA) is 80.2 Å². The Balaban J connectivity index is 1.20. The summed E-state index contributed by atoms with van der Waals surface area (Å²) < 4.78 is 0. The van der Waals surface area contributed by atoms with Crippen LogP contribution >= 0.6 is 0 Å². The summed E-state index contributed by atoms with van der Waals surface area (Å²) in [5.41, 5.74) is 15.3. The van der Waals surface area contributed by atoms with Crippen LogP contribution < -0.4 is 5.59 Å². The third kappa shape index (κ3) is 7.90. The maximum atomic E-state index is 13.7. The van der Waals surface area contributed by atoms with Crippen molar-refractivity contribution in [3.05, 3.63) is 230 Å². The summed E-state index contributed by atoms with van der Waals surface area (Å²) in [6, 6.07) is 52.9. The molecule has 8 rings (SSSR count). The molecule has 282 valence electrons. The standard InChI is InChI=1S/C51H49BN4O/c1-6-33-14-18-37(19-15-33)50(57)45-29-28-43(55-45)49(36-20-22-38(23-21-36)51(3,4)5)42-27-26-41(54-42)48(35-16-12-32(2)13-17-35)40-25-24-39(53-40)47(34-10-8-7-9-11-34)44-30-31-46(52)56-44/h7-31,47-49,53-56H,6H2,1-5H3. The van der Waals surface area contributed by atoms with Gasteiger partial charge in [-0.1, -0.05) is 142 Å². The molecule has 5 nitrogen and oxygen atoms in total. The molecule has 0 amide bonds. The number of aryl methyl sites for hydroxylation is 2. The molecule has 3 unspecified atom stereocenters. The Bertz CT molecular complexity index is 2580. The van der Waals surface area contributed by atoms with Crippen LogP contribution in [-0.2, 0) is 11.8 Å². The van der Waals surface area contributed by atoms with Gasteiger partial charge in [0.2, 0.25) is 5.78 Å². The van der Waals surface area contributed by atoms with Gasteiger partial charge in [-0.15, -0.1) is 0 Å². The lowest BCUT2D eigenvalue weighted by Crippen LogP contribution is -2.12. The van der Waals surface area contributed by atoms with Crippen molar-refractivity contribution in [2.24, 2.45) is 0 Å². The van der Waals surface area contributed by atoms with E-state index >= 15 is 0 Å². The average Bonchev–Trinajstić information content (AvgIpc) is 4.06. The fraction of sp³-hybridized carbons (Fsp3) is 0.196. The van der Waals surface area contributed by atoms with E-state index in [0.29, 0.717) is 16.9 Å². The summed E-state index contributed by atoms with van der Waals surface area (Å²) in [7, 11) is 6.19. The lowest BCUT2D eigenvalue weighted by Gasteiger charge is -2.22. The first-order chi connectivity index (χ1) is 27.6. The molecule has 4 heterocycles. The van der Waals surface area contributed by atoms with Crippen molar-refractivity contribution in [2.45, 2.75) is 64.2 Å². The van der Waals surface area contributed by atoms with Crippen molar-refractivity contribution in [1.29, 1.82) is 0 Å². The van der Waals surface area contributed by atoms with E-state index in [9.17, 15) is 4.79 Å². The number of carbonyl (C=O) groups excluding carboxylic acids is 1. The van der Waals surface area contributed by atoms with Gasteiger partial charge in [-0.3, -0.25) is 4.79 Å². The van der Waals surface area contributed by atoms with Gasteiger partial charge in [0.05, 0.1) is 23.4 Å². The third-order valence-corrected chi connectivity index (χ3v) is 11.3. The van der Waals surface area contributed by atoms with Crippen LogP contribution in [0.15, 0.2) is 152 Å². The van der Waals surface area contributed by atoms with E-state index in [2.05, 4.69) is 164 Å². The Morgan fingerprint density at radius 2 is 0.982 bits per heavy atom. The number of nitrogens with one attached hydrogen (secondary N) is 4. The van der Waals surface area contributed by atoms with Crippen molar-refractivity contribution in [3.8, 4) is 0 Å². The largest absolute Gasteiger partial charge is 0.371 e. The molecule has 0 bridgehead atoms. The van der Waals surface area contributed by atoms with Gasteiger partial charge < -0.3 is 19.9 Å². The number of hydrogen-bond acceptors (Lipinski definition) is 1. The molecular weight excluding hydrogens is 695 g/mol. The lowest BCUT2D eigenvalue weighted by molar-refractivity contribution is 0.103. The van der Waals surface area contributed by atoms with Crippen LogP contribution in [0.2, 0.25) is 0 Å². The zero-order valence-electron chi connectivity index (χ0n) is 33.4. The van der Waals surface area contributed by atoms with Gasteiger partial charge in [0.15, 0.2) is 0 Å². The van der Waals surface area contributed by atoms with Gasteiger partial charge in [-0.2, -0.15) is 0 Å². The van der Waals surface area contributed by atoms with Gasteiger partial charge in [0.25, 0.3) is 0 Å². The third-order valence-electron chi connectivity index (χ3n) is 11.3. The van der Waals surface area contributed by atoms with Crippen molar-refractivity contribution in [3.63, 3.8) is 0 Å². The molecule has 4 aromatic carbocycles. The maximum absolute atomic E-state index is 13.7. The van der Waals surface area contributed by atoms with Crippen molar-refractivity contribution >= 4 is 19.2 Å². The summed E-state index contributed by atoms with van der Waals surface area (Å²) >= 11 is 0. The molecule has 0 saturated heterocycles. The minimum absolute atomic E-state index is 0.0178. The number of benzene rings is 4. The lowest BCUT2D eigenvalue weighted by atomic mass is 9.84. The van der Waals surface area contributed by atoms with Gasteiger partial charge in [0, 0.05) is 39.7 Å². The second-order valence-electron chi connectivity index (χ2n) is 16.3. The Labute approximate surface area is 337 Å². The molecule has 0 saturated carbocycles. The van der Waals surface area contributed by atoms with Crippen LogP contribution in [-0.4, -0.2) is 33.6 Å². The Morgan fingerprint density at radius 3 is 1.47 bits per heavy atom. The number of H-pyrrole nitrogens is 4. The molecule has 2 radical (unpaired) electrons. The van der Waals surface area contributed by atoms with Crippen LogP contribution in [0.5, 0.6) is 0 Å². The molecule has 4 N–H and O–H groups in total. The van der Waals surface area contributed by atoms with Crippen LogP contribution in [0.4, 0.5) is 0 Å². The summed E-state index contributed by atoms with van der Waals surface area (Å²) in [6.45, 7) is 10.9. The number of hydrogen-bond donors (Lipinski definition) is 4. The monoisotopic (exact) mass is 744 g/mol. The highest BCUT2D eigenvalue weighted by Crippen LogP contribution is 2.38. The van der Waals surface area contributed by atoms with Gasteiger partial charge >= 0.3 is 0 Å². The predicted octanol–water partition coefficient (Wildman–Crippen LogP) is 10.7. The fourth-order valence-corrected chi connectivity index (χ4v) is 8.05. The molecule has 0 aliphatic carbocycles. The summed E-state index contributed by atoms with van der Waals surface area (Å²) in [4.78, 5) is 28.4. The van der Waals surface area contributed by atoms with E-state index < -0.39 is 0 Å². The SMILES string of the molecule is [B]c1ccc(C(c2ccccc2)c2ccc(C(c3ccc(C)cc3)c3ccc(C(c4ccc(C(C)(C)C)cc4)c4ccc(C(=O)c5ccc(CC)cc5)[nH]4)[nH]3)[nH]2)[nH]1. The van der Waals surface area contributed by atoms with E-state index in [-0.39, 0.29) is 29.0 Å². The maximum Gasteiger partial charge on any atom is 0.209 e. The van der Waals surface area contributed by atoms with Gasteiger partial charge in [-0.05, 0) is 94.6 Å². The fourth-order valence-electron chi connectivity index (χ4n) is 8.05. The Hall–Kier alpha value is -6.27. The van der Waals surface area contributed by atoms with Gasteiger partial charge in [-0.25, -0.2) is 0 Å². The van der Waals surface area contributed by atoms with Gasteiger partial charge in [0.1, 0.15) is 7.85 Å². The smallest absolute Gasteiger partial charge is 0.209 e. The minimum atomic E-state index is -0.171. The number of aromatic amines is 4. The predicted molar refractivity (Wildman–Crippen MR) is 233 cm³/mol. The molecule has 0 aliphatic heterocycles. The van der Waals surface area contributed by atoms with Crippen molar-refractivity contribution in [2.75, 3.05) is 0 Å². The number of carbonyl (C=O) groups is 1. The number of ketones is 1.